The summed E-state index contributed by atoms with van der Waals surface area (Å²) >= 11 is 0. The lowest BCUT2D eigenvalue weighted by Crippen LogP contribution is -2.34. The van der Waals surface area contributed by atoms with Crippen LogP contribution >= 0.6 is 0 Å². The van der Waals surface area contributed by atoms with Crippen LogP contribution in [0.5, 0.6) is 5.75 Å². The average Bonchev–Trinajstić information content (AvgIpc) is 2.44. The van der Waals surface area contributed by atoms with Gasteiger partial charge in [-0.15, -0.1) is 0 Å². The van der Waals surface area contributed by atoms with E-state index in [1.54, 1.807) is 6.07 Å². The van der Waals surface area contributed by atoms with Crippen molar-refractivity contribution in [2.24, 2.45) is 5.92 Å². The zero-order chi connectivity index (χ0) is 17.0. The molecule has 5 nitrogen and oxygen atoms in total. The van der Waals surface area contributed by atoms with E-state index in [1.807, 2.05) is 0 Å². The molecule has 1 aromatic carbocycles. The van der Waals surface area contributed by atoms with Gasteiger partial charge in [0.25, 0.3) is 0 Å². The quantitative estimate of drug-likeness (QED) is 0.473. The molecular weight excluding hydrogens is 310 g/mol. The SMILES string of the molecule is CC1=CC(=O)[C@H](C(=O)/C=C/c2ccccc2OC(F)F)C(=O)O1. The summed E-state index contributed by atoms with van der Waals surface area (Å²) in [6.07, 6.45) is 3.23. The number of benzene rings is 1. The van der Waals surface area contributed by atoms with E-state index < -0.39 is 30.1 Å². The number of hydrogen-bond donors (Lipinski definition) is 0. The number of halogens is 2. The van der Waals surface area contributed by atoms with Gasteiger partial charge in [-0.2, -0.15) is 8.78 Å². The first-order valence-corrected chi connectivity index (χ1v) is 6.58. The summed E-state index contributed by atoms with van der Waals surface area (Å²) in [6, 6.07) is 5.82. The molecule has 1 aliphatic heterocycles. The van der Waals surface area contributed by atoms with Gasteiger partial charge >= 0.3 is 12.6 Å². The van der Waals surface area contributed by atoms with Crippen molar-refractivity contribution in [3.05, 3.63) is 47.7 Å². The Kier molecular flexibility index (Phi) is 5.00. The van der Waals surface area contributed by atoms with Gasteiger partial charge in [0.05, 0.1) is 0 Å². The third-order valence-corrected chi connectivity index (χ3v) is 2.97. The minimum atomic E-state index is -3.01. The summed E-state index contributed by atoms with van der Waals surface area (Å²) in [5, 5.41) is 0. The number of cyclic esters (lactones) is 1. The number of para-hydroxylation sites is 1. The molecule has 0 aromatic heterocycles. The van der Waals surface area contributed by atoms with Crippen LogP contribution in [0.4, 0.5) is 8.78 Å². The number of ketones is 2. The maximum atomic E-state index is 12.3. The van der Waals surface area contributed by atoms with Crippen molar-refractivity contribution < 1.29 is 32.6 Å². The fourth-order valence-electron chi connectivity index (χ4n) is 1.99. The molecule has 0 N–H and O–H groups in total. The normalized spacial score (nSPS) is 18.1. The zero-order valence-electron chi connectivity index (χ0n) is 12.0. The van der Waals surface area contributed by atoms with Gasteiger partial charge in [-0.25, -0.2) is 0 Å². The van der Waals surface area contributed by atoms with E-state index in [1.165, 1.54) is 31.2 Å². The molecular formula is C16H12F2O5. The van der Waals surface area contributed by atoms with E-state index in [0.717, 1.165) is 12.2 Å². The highest BCUT2D eigenvalue weighted by molar-refractivity contribution is 6.25. The number of alkyl halides is 2. The van der Waals surface area contributed by atoms with Crippen LogP contribution in [0.1, 0.15) is 12.5 Å². The van der Waals surface area contributed by atoms with Crippen molar-refractivity contribution in [3.63, 3.8) is 0 Å². The second-order valence-electron chi connectivity index (χ2n) is 4.66. The topological polar surface area (TPSA) is 69.7 Å². The maximum Gasteiger partial charge on any atom is 0.387 e. The fraction of sp³-hybridized carbons (Fsp3) is 0.188. The van der Waals surface area contributed by atoms with Crippen molar-refractivity contribution in [1.29, 1.82) is 0 Å². The van der Waals surface area contributed by atoms with Crippen molar-refractivity contribution in [3.8, 4) is 5.75 Å². The van der Waals surface area contributed by atoms with Gasteiger partial charge in [-0.05, 0) is 25.1 Å². The molecule has 120 valence electrons. The standard InChI is InChI=1S/C16H12F2O5/c1-9-8-12(20)14(15(21)22-9)11(19)7-6-10-4-2-3-5-13(10)23-16(17)18/h2-8,14,16H,1H3/b7-6+/t14-/m0/s1. The van der Waals surface area contributed by atoms with E-state index in [-0.39, 0.29) is 17.1 Å². The van der Waals surface area contributed by atoms with Crippen molar-refractivity contribution >= 4 is 23.6 Å². The first-order valence-electron chi connectivity index (χ1n) is 6.58. The first-order chi connectivity index (χ1) is 10.9. The van der Waals surface area contributed by atoms with Gasteiger partial charge in [-0.1, -0.05) is 18.2 Å². The Labute approximate surface area is 130 Å². The Bertz CT molecular complexity index is 706. The molecule has 0 saturated carbocycles. The summed E-state index contributed by atoms with van der Waals surface area (Å²) in [4.78, 5) is 35.3. The third-order valence-electron chi connectivity index (χ3n) is 2.97. The molecule has 0 fully saturated rings. The zero-order valence-corrected chi connectivity index (χ0v) is 12.0. The summed E-state index contributed by atoms with van der Waals surface area (Å²) in [7, 11) is 0. The molecule has 0 amide bonds. The van der Waals surface area contributed by atoms with Crippen molar-refractivity contribution in [1.82, 2.24) is 0 Å². The fourth-order valence-corrected chi connectivity index (χ4v) is 1.99. The van der Waals surface area contributed by atoms with E-state index in [0.29, 0.717) is 0 Å². The van der Waals surface area contributed by atoms with Crippen LogP contribution in [-0.2, 0) is 19.1 Å². The Morgan fingerprint density at radius 1 is 1.30 bits per heavy atom. The number of hydrogen-bond acceptors (Lipinski definition) is 5. The van der Waals surface area contributed by atoms with Crippen LogP contribution < -0.4 is 4.74 Å². The van der Waals surface area contributed by atoms with Crippen LogP contribution in [0.25, 0.3) is 6.08 Å². The Hall–Kier alpha value is -2.83. The lowest BCUT2D eigenvalue weighted by molar-refractivity contribution is -0.151. The second kappa shape index (κ2) is 6.95. The molecule has 23 heavy (non-hydrogen) atoms. The highest BCUT2D eigenvalue weighted by Gasteiger charge is 2.36. The summed E-state index contributed by atoms with van der Waals surface area (Å²) in [6.45, 7) is -1.59. The molecule has 1 atom stereocenters. The van der Waals surface area contributed by atoms with Crippen LogP contribution in [0.15, 0.2) is 42.2 Å². The molecule has 1 aromatic rings. The molecule has 7 heteroatoms. The lowest BCUT2D eigenvalue weighted by Gasteiger charge is -2.15. The van der Waals surface area contributed by atoms with Crippen LogP contribution in [0, 0.1) is 5.92 Å². The smallest absolute Gasteiger partial charge is 0.387 e. The predicted octanol–water partition coefficient (Wildman–Crippen LogP) is 2.52. The van der Waals surface area contributed by atoms with E-state index in [4.69, 9.17) is 4.74 Å². The summed E-state index contributed by atoms with van der Waals surface area (Å²) < 4.78 is 33.7. The first kappa shape index (κ1) is 16.5. The van der Waals surface area contributed by atoms with Crippen LogP contribution in [0.2, 0.25) is 0 Å². The number of rotatable bonds is 5. The summed E-state index contributed by atoms with van der Waals surface area (Å²) in [5.41, 5.74) is 0.212. The minimum absolute atomic E-state index is 0.115. The maximum absolute atomic E-state index is 12.3. The van der Waals surface area contributed by atoms with Gasteiger partial charge in [0, 0.05) is 11.6 Å². The molecule has 1 heterocycles. The Morgan fingerprint density at radius 2 is 2.00 bits per heavy atom. The van der Waals surface area contributed by atoms with Crippen molar-refractivity contribution in [2.75, 3.05) is 0 Å². The Morgan fingerprint density at radius 3 is 2.65 bits per heavy atom. The molecule has 0 spiro atoms. The summed E-state index contributed by atoms with van der Waals surface area (Å²) in [5.74, 6) is -4.01. The molecule has 0 aliphatic carbocycles. The number of allylic oxidation sites excluding steroid dienone is 3. The second-order valence-corrected chi connectivity index (χ2v) is 4.66. The van der Waals surface area contributed by atoms with Gasteiger partial charge in [0.1, 0.15) is 11.5 Å². The number of carbonyl (C=O) groups excluding carboxylic acids is 3. The average molecular weight is 322 g/mol. The van der Waals surface area contributed by atoms with Gasteiger partial charge < -0.3 is 9.47 Å². The van der Waals surface area contributed by atoms with Crippen LogP contribution in [-0.4, -0.2) is 24.1 Å². The largest absolute Gasteiger partial charge is 0.434 e. The molecule has 0 saturated heterocycles. The van der Waals surface area contributed by atoms with Crippen molar-refractivity contribution in [2.45, 2.75) is 13.5 Å². The molecule has 2 rings (SSSR count). The highest BCUT2D eigenvalue weighted by Crippen LogP contribution is 2.22. The molecule has 0 unspecified atom stereocenters. The van der Waals surface area contributed by atoms with Crippen LogP contribution in [0.3, 0.4) is 0 Å². The number of esters is 1. The van der Waals surface area contributed by atoms with E-state index >= 15 is 0 Å². The number of ether oxygens (including phenoxy) is 2. The molecule has 0 radical (unpaired) electrons. The molecule has 0 bridgehead atoms. The van der Waals surface area contributed by atoms with Gasteiger partial charge in [0.15, 0.2) is 17.5 Å². The third kappa shape index (κ3) is 4.09. The highest BCUT2D eigenvalue weighted by atomic mass is 19.3. The predicted molar refractivity (Wildman–Crippen MR) is 75.5 cm³/mol. The monoisotopic (exact) mass is 322 g/mol. The van der Waals surface area contributed by atoms with Gasteiger partial charge in [0.2, 0.25) is 0 Å². The molecule has 1 aliphatic rings. The Balaban J connectivity index is 2.19. The lowest BCUT2D eigenvalue weighted by atomic mass is 9.96. The number of carbonyl (C=O) groups is 3. The van der Waals surface area contributed by atoms with E-state index in [2.05, 4.69) is 4.74 Å². The van der Waals surface area contributed by atoms with Gasteiger partial charge in [-0.3, -0.25) is 14.4 Å². The van der Waals surface area contributed by atoms with E-state index in [9.17, 15) is 23.2 Å². The minimum Gasteiger partial charge on any atom is -0.434 e.